The van der Waals surface area contributed by atoms with Gasteiger partial charge < -0.3 is 10.6 Å². The Balaban J connectivity index is 0.00000288. The minimum Gasteiger partial charge on any atom is -0.357 e. The quantitative estimate of drug-likeness (QED) is 0.181. The van der Waals surface area contributed by atoms with E-state index in [4.69, 9.17) is 4.99 Å². The first-order chi connectivity index (χ1) is 11.3. The Morgan fingerprint density at radius 3 is 3.04 bits per heavy atom. The summed E-state index contributed by atoms with van der Waals surface area (Å²) >= 11 is 5.54. The van der Waals surface area contributed by atoms with Gasteiger partial charge in [-0.2, -0.15) is 11.8 Å². The third-order valence-corrected chi connectivity index (χ3v) is 7.00. The van der Waals surface area contributed by atoms with Gasteiger partial charge >= 0.3 is 0 Å². The number of hydrogen-bond acceptors (Lipinski definition) is 5. The van der Waals surface area contributed by atoms with Crippen molar-refractivity contribution < 1.29 is 0 Å². The van der Waals surface area contributed by atoms with E-state index in [1.807, 2.05) is 35.1 Å². The second-order valence-corrected chi connectivity index (χ2v) is 9.00. The predicted octanol–water partition coefficient (Wildman–Crippen LogP) is 4.47. The molecule has 4 nitrogen and oxygen atoms in total. The largest absolute Gasteiger partial charge is 0.357 e. The molecule has 0 spiro atoms. The lowest BCUT2D eigenvalue weighted by atomic mass is 9.95. The van der Waals surface area contributed by atoms with Crippen LogP contribution in [0.3, 0.4) is 0 Å². The first-order valence-electron chi connectivity index (χ1n) is 8.41. The third kappa shape index (κ3) is 8.62. The van der Waals surface area contributed by atoms with Crippen molar-refractivity contribution in [3.05, 3.63) is 11.6 Å². The fourth-order valence-electron chi connectivity index (χ4n) is 2.70. The lowest BCUT2D eigenvalue weighted by Crippen LogP contribution is -2.45. The summed E-state index contributed by atoms with van der Waals surface area (Å²) in [7, 11) is 0. The Hall–Kier alpha value is 0.330. The van der Waals surface area contributed by atoms with Crippen LogP contribution in [0, 0.1) is 0 Å². The van der Waals surface area contributed by atoms with Crippen LogP contribution in [-0.4, -0.2) is 47.3 Å². The second-order valence-electron chi connectivity index (χ2n) is 5.63. The molecule has 1 saturated carbocycles. The van der Waals surface area contributed by atoms with E-state index in [-0.39, 0.29) is 24.0 Å². The average molecular weight is 501 g/mol. The number of guanidine groups is 1. The summed E-state index contributed by atoms with van der Waals surface area (Å²) in [6.07, 6.45) is 10.4. The van der Waals surface area contributed by atoms with Gasteiger partial charge in [0.15, 0.2) is 5.96 Å². The molecule has 24 heavy (non-hydrogen) atoms. The van der Waals surface area contributed by atoms with E-state index in [1.54, 1.807) is 11.3 Å². The van der Waals surface area contributed by atoms with Crippen LogP contribution in [0.1, 0.15) is 39.0 Å². The fraction of sp³-hybridized carbons (Fsp3) is 0.750. The summed E-state index contributed by atoms with van der Waals surface area (Å²) in [4.78, 5) is 9.02. The number of halogens is 1. The number of nitrogens with zero attached hydrogens (tertiary/aromatic N) is 2. The van der Waals surface area contributed by atoms with Crippen LogP contribution in [0.5, 0.6) is 0 Å². The van der Waals surface area contributed by atoms with Crippen molar-refractivity contribution in [1.82, 2.24) is 15.6 Å². The average Bonchev–Trinajstić information content (AvgIpc) is 3.08. The molecule has 0 amide bonds. The molecular weight excluding hydrogens is 471 g/mol. The summed E-state index contributed by atoms with van der Waals surface area (Å²) in [5.41, 5.74) is 0. The van der Waals surface area contributed by atoms with E-state index in [0.717, 1.165) is 40.8 Å². The Bertz CT molecular complexity index is 456. The molecule has 1 aliphatic carbocycles. The highest BCUT2D eigenvalue weighted by atomic mass is 127. The molecule has 1 fully saturated rings. The van der Waals surface area contributed by atoms with Crippen LogP contribution in [-0.2, 0) is 0 Å². The molecule has 1 heterocycles. The summed E-state index contributed by atoms with van der Waals surface area (Å²) in [6, 6.07) is 0.573. The third-order valence-electron chi connectivity index (χ3n) is 3.85. The summed E-state index contributed by atoms with van der Waals surface area (Å²) in [6.45, 7) is 3.91. The second kappa shape index (κ2) is 13.5. The molecule has 2 rings (SSSR count). The summed E-state index contributed by atoms with van der Waals surface area (Å²) in [5, 5.41) is 9.85. The maximum Gasteiger partial charge on any atom is 0.191 e. The van der Waals surface area contributed by atoms with Gasteiger partial charge in [0, 0.05) is 41.7 Å². The number of nitrogens with one attached hydrogen (secondary N) is 2. The highest BCUT2D eigenvalue weighted by molar-refractivity contribution is 14.0. The molecule has 0 bridgehead atoms. The van der Waals surface area contributed by atoms with Crippen LogP contribution in [0.25, 0.3) is 0 Å². The number of hydrogen-bond donors (Lipinski definition) is 2. The SMILES string of the molecule is CCNC(=NCCCSc1nccs1)NC1CCCC(SC)C1.I. The zero-order valence-corrected chi connectivity index (χ0v) is 19.3. The number of thioether (sulfide) groups is 2. The zero-order valence-electron chi connectivity index (χ0n) is 14.5. The van der Waals surface area contributed by atoms with E-state index in [9.17, 15) is 0 Å². The van der Waals surface area contributed by atoms with E-state index in [0.29, 0.717) is 6.04 Å². The summed E-state index contributed by atoms with van der Waals surface area (Å²) < 4.78 is 1.16. The van der Waals surface area contributed by atoms with Gasteiger partial charge in [-0.1, -0.05) is 18.2 Å². The Morgan fingerprint density at radius 1 is 1.46 bits per heavy atom. The van der Waals surface area contributed by atoms with Crippen molar-refractivity contribution in [3.63, 3.8) is 0 Å². The maximum absolute atomic E-state index is 4.73. The number of thiazole rings is 1. The van der Waals surface area contributed by atoms with Gasteiger partial charge in [-0.15, -0.1) is 35.3 Å². The Labute approximate surface area is 175 Å². The first kappa shape index (κ1) is 22.4. The van der Waals surface area contributed by atoms with Gasteiger partial charge in [0.05, 0.1) is 0 Å². The van der Waals surface area contributed by atoms with Gasteiger partial charge in [0.1, 0.15) is 4.34 Å². The van der Waals surface area contributed by atoms with E-state index in [1.165, 1.54) is 25.7 Å². The molecule has 2 N–H and O–H groups in total. The molecule has 1 aromatic heterocycles. The van der Waals surface area contributed by atoms with Crippen LogP contribution < -0.4 is 10.6 Å². The van der Waals surface area contributed by atoms with Crippen LogP contribution in [0.2, 0.25) is 0 Å². The van der Waals surface area contributed by atoms with Crippen LogP contribution in [0.15, 0.2) is 20.9 Å². The zero-order chi connectivity index (χ0) is 16.3. The van der Waals surface area contributed by atoms with Gasteiger partial charge in [-0.05, 0) is 38.9 Å². The molecule has 0 radical (unpaired) electrons. The van der Waals surface area contributed by atoms with Gasteiger partial charge in [0.2, 0.25) is 0 Å². The molecule has 2 atom stereocenters. The number of rotatable bonds is 8. The highest BCUT2D eigenvalue weighted by Crippen LogP contribution is 2.26. The summed E-state index contributed by atoms with van der Waals surface area (Å²) in [5.74, 6) is 2.06. The Kier molecular flexibility index (Phi) is 12.6. The van der Waals surface area contributed by atoms with E-state index >= 15 is 0 Å². The first-order valence-corrected chi connectivity index (χ1v) is 11.6. The van der Waals surface area contributed by atoms with Crippen molar-refractivity contribution in [2.24, 2.45) is 4.99 Å². The van der Waals surface area contributed by atoms with Crippen LogP contribution >= 0.6 is 58.8 Å². The van der Waals surface area contributed by atoms with Crippen molar-refractivity contribution in [3.8, 4) is 0 Å². The minimum atomic E-state index is 0. The van der Waals surface area contributed by atoms with Crippen molar-refractivity contribution in [2.75, 3.05) is 25.1 Å². The maximum atomic E-state index is 4.73. The number of aromatic nitrogens is 1. The molecular formula is C16H29IN4S3. The molecule has 0 saturated heterocycles. The number of aliphatic imine (C=N–C) groups is 1. The normalized spacial score (nSPS) is 21.2. The van der Waals surface area contributed by atoms with E-state index < -0.39 is 0 Å². The van der Waals surface area contributed by atoms with Gasteiger partial charge in [-0.3, -0.25) is 4.99 Å². The smallest absolute Gasteiger partial charge is 0.191 e. The monoisotopic (exact) mass is 500 g/mol. The predicted molar refractivity (Wildman–Crippen MR) is 122 cm³/mol. The van der Waals surface area contributed by atoms with Crippen molar-refractivity contribution >= 4 is 64.8 Å². The molecule has 2 unspecified atom stereocenters. The lowest BCUT2D eigenvalue weighted by molar-refractivity contribution is 0.419. The topological polar surface area (TPSA) is 49.3 Å². The van der Waals surface area contributed by atoms with Gasteiger partial charge in [0.25, 0.3) is 0 Å². The molecule has 138 valence electrons. The van der Waals surface area contributed by atoms with Gasteiger partial charge in [-0.25, -0.2) is 4.98 Å². The molecule has 8 heteroatoms. The lowest BCUT2D eigenvalue weighted by Gasteiger charge is -2.29. The van der Waals surface area contributed by atoms with Crippen LogP contribution in [0.4, 0.5) is 0 Å². The Morgan fingerprint density at radius 2 is 2.33 bits per heavy atom. The molecule has 0 aliphatic heterocycles. The minimum absolute atomic E-state index is 0. The molecule has 1 aromatic rings. The fourth-order valence-corrected chi connectivity index (χ4v) is 5.16. The molecule has 1 aliphatic rings. The van der Waals surface area contributed by atoms with Crippen molar-refractivity contribution in [1.29, 1.82) is 0 Å². The van der Waals surface area contributed by atoms with E-state index in [2.05, 4.69) is 28.8 Å². The van der Waals surface area contributed by atoms with Crippen molar-refractivity contribution in [2.45, 2.75) is 54.7 Å². The highest BCUT2D eigenvalue weighted by Gasteiger charge is 2.21. The molecule has 0 aromatic carbocycles. The standard InChI is InChI=1S/C16H28N4S3.HI/c1-3-17-15(20-13-6-4-7-14(12-13)21-2)18-8-5-10-22-16-19-9-11-23-16;/h9,11,13-14H,3-8,10,12H2,1-2H3,(H2,17,18,20);1H.